The van der Waals surface area contributed by atoms with Crippen LogP contribution in [0.15, 0.2) is 35.0 Å². The van der Waals surface area contributed by atoms with Crippen molar-refractivity contribution in [3.05, 3.63) is 58.2 Å². The van der Waals surface area contributed by atoms with Crippen molar-refractivity contribution in [1.29, 1.82) is 0 Å². The number of rotatable bonds is 6. The predicted molar refractivity (Wildman–Crippen MR) is 109 cm³/mol. The van der Waals surface area contributed by atoms with Gasteiger partial charge in [-0.2, -0.15) is 5.10 Å². The summed E-state index contributed by atoms with van der Waals surface area (Å²) in [4.78, 5) is 16.9. The van der Waals surface area contributed by atoms with Crippen molar-refractivity contribution in [2.24, 2.45) is 7.05 Å². The average molecular weight is 411 g/mol. The maximum absolute atomic E-state index is 12.5. The zero-order valence-corrected chi connectivity index (χ0v) is 17.4. The number of nitrogens with zero attached hydrogens (tertiary/aromatic N) is 4. The van der Waals surface area contributed by atoms with Gasteiger partial charge < -0.3 is 14.6 Å². The van der Waals surface area contributed by atoms with Crippen LogP contribution in [-0.4, -0.2) is 25.8 Å². The molecular weight excluding hydrogens is 390 g/mol. The molecule has 1 aromatic carbocycles. The Labute approximate surface area is 171 Å². The van der Waals surface area contributed by atoms with Gasteiger partial charge in [-0.25, -0.2) is 4.98 Å². The van der Waals surface area contributed by atoms with Gasteiger partial charge in [0.05, 0.1) is 27.0 Å². The van der Waals surface area contributed by atoms with E-state index in [4.69, 9.17) is 9.26 Å². The summed E-state index contributed by atoms with van der Waals surface area (Å²) in [7, 11) is 1.85. The Kier molecular flexibility index (Phi) is 5.06. The fraction of sp³-hybridized carbons (Fsp3) is 0.300. The fourth-order valence-electron chi connectivity index (χ4n) is 3.15. The van der Waals surface area contributed by atoms with Crippen LogP contribution in [0.2, 0.25) is 0 Å². The molecule has 0 bridgehead atoms. The molecule has 0 radical (unpaired) electrons. The van der Waals surface area contributed by atoms with Crippen molar-refractivity contribution in [3.63, 3.8) is 0 Å². The Balaban J connectivity index is 1.38. The van der Waals surface area contributed by atoms with E-state index in [1.54, 1.807) is 22.1 Å². The molecule has 4 aromatic rings. The van der Waals surface area contributed by atoms with Crippen molar-refractivity contribution in [2.45, 2.75) is 33.4 Å². The normalized spacial score (nSPS) is 12.3. The lowest BCUT2D eigenvalue weighted by Gasteiger charge is -2.11. The molecule has 150 valence electrons. The lowest BCUT2D eigenvalue weighted by Crippen LogP contribution is -2.27. The zero-order chi connectivity index (χ0) is 20.5. The quantitative estimate of drug-likeness (QED) is 0.520. The largest absolute Gasteiger partial charge is 0.485 e. The molecule has 0 aliphatic rings. The number of ether oxygens (including phenoxy) is 1. The fourth-order valence-corrected chi connectivity index (χ4v) is 3.95. The topological polar surface area (TPSA) is 95.1 Å². The molecule has 0 spiro atoms. The lowest BCUT2D eigenvalue weighted by atomic mass is 10.1. The minimum Gasteiger partial charge on any atom is -0.485 e. The Morgan fingerprint density at radius 3 is 2.93 bits per heavy atom. The number of carbonyl (C=O) groups excluding carboxylic acids is 1. The van der Waals surface area contributed by atoms with Gasteiger partial charge in [-0.3, -0.25) is 9.48 Å². The van der Waals surface area contributed by atoms with Gasteiger partial charge in [0.25, 0.3) is 5.91 Å². The summed E-state index contributed by atoms with van der Waals surface area (Å²) in [5, 5.41) is 12.1. The third kappa shape index (κ3) is 4.14. The van der Waals surface area contributed by atoms with Crippen molar-refractivity contribution < 1.29 is 14.1 Å². The van der Waals surface area contributed by atoms with E-state index in [1.165, 1.54) is 0 Å². The van der Waals surface area contributed by atoms with E-state index < -0.39 is 0 Å². The SMILES string of the molecule is Cc1nc2cc(OCc3cc(C(=O)N[C@@H](C)c4cn(C)nc4C)no3)ccc2s1. The average Bonchev–Trinajstić information content (AvgIpc) is 3.37. The Morgan fingerprint density at radius 1 is 1.34 bits per heavy atom. The molecule has 1 atom stereocenters. The minimum absolute atomic E-state index is 0.173. The summed E-state index contributed by atoms with van der Waals surface area (Å²) in [6, 6.07) is 7.16. The number of thiazole rings is 1. The van der Waals surface area contributed by atoms with Crippen LogP contribution in [0, 0.1) is 13.8 Å². The molecule has 1 amide bonds. The summed E-state index contributed by atoms with van der Waals surface area (Å²) in [5.41, 5.74) is 2.95. The van der Waals surface area contributed by atoms with Crippen LogP contribution in [-0.2, 0) is 13.7 Å². The number of fused-ring (bicyclic) bond motifs is 1. The second kappa shape index (κ2) is 7.67. The summed E-state index contributed by atoms with van der Waals surface area (Å²) in [6.07, 6.45) is 1.89. The summed E-state index contributed by atoms with van der Waals surface area (Å²) in [5.74, 6) is 0.843. The van der Waals surface area contributed by atoms with E-state index in [1.807, 2.05) is 52.2 Å². The predicted octanol–water partition coefficient (Wildman–Crippen LogP) is 3.70. The number of benzene rings is 1. The van der Waals surface area contributed by atoms with Gasteiger partial charge in [0.1, 0.15) is 12.4 Å². The Morgan fingerprint density at radius 2 is 2.17 bits per heavy atom. The van der Waals surface area contributed by atoms with Gasteiger partial charge in [-0.1, -0.05) is 5.16 Å². The summed E-state index contributed by atoms with van der Waals surface area (Å²) < 4.78 is 13.9. The molecule has 0 saturated carbocycles. The second-order valence-electron chi connectivity index (χ2n) is 6.87. The Bertz CT molecular complexity index is 1180. The third-order valence-electron chi connectivity index (χ3n) is 4.50. The maximum Gasteiger partial charge on any atom is 0.273 e. The lowest BCUT2D eigenvalue weighted by molar-refractivity contribution is 0.0930. The van der Waals surface area contributed by atoms with Crippen LogP contribution in [0.25, 0.3) is 10.2 Å². The maximum atomic E-state index is 12.5. The molecule has 1 N–H and O–H groups in total. The number of aryl methyl sites for hydroxylation is 3. The van der Waals surface area contributed by atoms with Gasteiger partial charge in [-0.15, -0.1) is 11.3 Å². The molecule has 0 unspecified atom stereocenters. The first kappa shape index (κ1) is 19.1. The molecule has 29 heavy (non-hydrogen) atoms. The highest BCUT2D eigenvalue weighted by molar-refractivity contribution is 7.18. The molecule has 0 aliphatic carbocycles. The second-order valence-corrected chi connectivity index (χ2v) is 8.10. The monoisotopic (exact) mass is 411 g/mol. The van der Waals surface area contributed by atoms with E-state index >= 15 is 0 Å². The molecular formula is C20H21N5O3S. The van der Waals surface area contributed by atoms with Crippen LogP contribution in [0.4, 0.5) is 0 Å². The molecule has 0 saturated heterocycles. The summed E-state index contributed by atoms with van der Waals surface area (Å²) >= 11 is 1.64. The number of aromatic nitrogens is 4. The van der Waals surface area contributed by atoms with E-state index in [0.717, 1.165) is 26.5 Å². The molecule has 3 aromatic heterocycles. The van der Waals surface area contributed by atoms with Gasteiger partial charge in [0, 0.05) is 30.9 Å². The first-order chi connectivity index (χ1) is 13.9. The van der Waals surface area contributed by atoms with E-state index in [-0.39, 0.29) is 24.2 Å². The molecule has 8 nitrogen and oxygen atoms in total. The molecule has 4 rings (SSSR count). The van der Waals surface area contributed by atoms with Crippen LogP contribution in [0.3, 0.4) is 0 Å². The summed E-state index contributed by atoms with van der Waals surface area (Å²) in [6.45, 7) is 5.96. The number of nitrogens with one attached hydrogen (secondary N) is 1. The van der Waals surface area contributed by atoms with Crippen LogP contribution in [0.1, 0.15) is 45.5 Å². The van der Waals surface area contributed by atoms with Crippen molar-refractivity contribution in [2.75, 3.05) is 0 Å². The van der Waals surface area contributed by atoms with Gasteiger partial charge in [0.15, 0.2) is 11.5 Å². The number of hydrogen-bond donors (Lipinski definition) is 1. The third-order valence-corrected chi connectivity index (χ3v) is 5.46. The van der Waals surface area contributed by atoms with E-state index in [2.05, 4.69) is 20.6 Å². The van der Waals surface area contributed by atoms with Crippen molar-refractivity contribution in [3.8, 4) is 5.75 Å². The minimum atomic E-state index is -0.310. The molecule has 3 heterocycles. The van der Waals surface area contributed by atoms with Gasteiger partial charge in [0.2, 0.25) is 0 Å². The van der Waals surface area contributed by atoms with Crippen LogP contribution in [0.5, 0.6) is 5.75 Å². The standard InChI is InChI=1S/C20H21N5O3S/c1-11(16-9-25(4)23-12(16)2)21-20(26)18-8-15(28-24-18)10-27-14-5-6-19-17(7-14)22-13(3)29-19/h5-9,11H,10H2,1-4H3,(H,21,26)/t11-/m0/s1. The highest BCUT2D eigenvalue weighted by Crippen LogP contribution is 2.26. The molecule has 9 heteroatoms. The van der Waals surface area contributed by atoms with Crippen LogP contribution >= 0.6 is 11.3 Å². The molecule has 0 aliphatic heterocycles. The van der Waals surface area contributed by atoms with Gasteiger partial charge in [-0.05, 0) is 32.9 Å². The highest BCUT2D eigenvalue weighted by atomic mass is 32.1. The molecule has 0 fully saturated rings. The number of amides is 1. The van der Waals surface area contributed by atoms with E-state index in [0.29, 0.717) is 11.5 Å². The number of carbonyl (C=O) groups is 1. The Hall–Kier alpha value is -3.20. The van der Waals surface area contributed by atoms with E-state index in [9.17, 15) is 4.79 Å². The van der Waals surface area contributed by atoms with Crippen molar-refractivity contribution >= 4 is 27.5 Å². The van der Waals surface area contributed by atoms with Gasteiger partial charge >= 0.3 is 0 Å². The first-order valence-corrected chi connectivity index (χ1v) is 9.97. The zero-order valence-electron chi connectivity index (χ0n) is 16.6. The van der Waals surface area contributed by atoms with Crippen LogP contribution < -0.4 is 10.1 Å². The van der Waals surface area contributed by atoms with Crippen molar-refractivity contribution in [1.82, 2.24) is 25.2 Å². The first-order valence-electron chi connectivity index (χ1n) is 9.15. The highest BCUT2D eigenvalue weighted by Gasteiger charge is 2.18. The number of hydrogen-bond acceptors (Lipinski definition) is 7. The smallest absolute Gasteiger partial charge is 0.273 e.